The lowest BCUT2D eigenvalue weighted by Gasteiger charge is -2.12. The molecule has 0 amide bonds. The molecule has 0 saturated carbocycles. The maximum atomic E-state index is 5.50. The summed E-state index contributed by atoms with van der Waals surface area (Å²) >= 11 is 0. The second-order valence-electron chi connectivity index (χ2n) is 6.50. The third kappa shape index (κ3) is 2.97. The normalized spacial score (nSPS) is 12.2. The molecule has 7 heteroatoms. The smallest absolute Gasteiger partial charge is 0.231 e. The Hall–Kier alpha value is -3.87. The van der Waals surface area contributed by atoms with Gasteiger partial charge in [-0.1, -0.05) is 6.07 Å². The van der Waals surface area contributed by atoms with Crippen molar-refractivity contribution in [2.45, 2.75) is 0 Å². The number of aromatic nitrogens is 2. The number of benzene rings is 2. The molecule has 0 radical (unpaired) electrons. The Kier molecular flexibility index (Phi) is 4.13. The number of nitrogens with one attached hydrogen (secondary N) is 1. The summed E-state index contributed by atoms with van der Waals surface area (Å²) in [5, 5.41) is 3.48. The molecule has 7 nitrogen and oxygen atoms in total. The fraction of sp³-hybridized carbons (Fsp3) is 0.136. The summed E-state index contributed by atoms with van der Waals surface area (Å²) in [6.07, 6.45) is 1.97. The van der Waals surface area contributed by atoms with E-state index in [4.69, 9.17) is 23.9 Å². The summed E-state index contributed by atoms with van der Waals surface area (Å²) in [6, 6.07) is 17.4. The van der Waals surface area contributed by atoms with Gasteiger partial charge >= 0.3 is 0 Å². The number of ether oxygens (including phenoxy) is 4. The van der Waals surface area contributed by atoms with Gasteiger partial charge in [0.25, 0.3) is 0 Å². The highest BCUT2D eigenvalue weighted by Crippen LogP contribution is 2.39. The van der Waals surface area contributed by atoms with E-state index in [1.807, 2.05) is 65.2 Å². The monoisotopic (exact) mass is 389 g/mol. The van der Waals surface area contributed by atoms with E-state index in [2.05, 4.69) is 5.32 Å². The lowest BCUT2D eigenvalue weighted by molar-refractivity contribution is 0.174. The third-order valence-electron chi connectivity index (χ3n) is 4.82. The molecule has 4 aromatic rings. The van der Waals surface area contributed by atoms with Crippen LogP contribution >= 0.6 is 0 Å². The number of imidazole rings is 1. The molecule has 0 aliphatic carbocycles. The average molecular weight is 389 g/mol. The summed E-state index contributed by atoms with van der Waals surface area (Å²) in [5.74, 6) is 3.62. The highest BCUT2D eigenvalue weighted by atomic mass is 16.7. The molecule has 1 N–H and O–H groups in total. The van der Waals surface area contributed by atoms with Gasteiger partial charge in [0, 0.05) is 23.5 Å². The van der Waals surface area contributed by atoms with Crippen molar-refractivity contribution in [3.05, 3.63) is 60.8 Å². The topological polar surface area (TPSA) is 66.3 Å². The molecule has 3 heterocycles. The Balaban J connectivity index is 1.63. The van der Waals surface area contributed by atoms with E-state index in [9.17, 15) is 0 Å². The molecule has 0 spiro atoms. The Labute approximate surface area is 167 Å². The van der Waals surface area contributed by atoms with Gasteiger partial charge in [0.15, 0.2) is 23.0 Å². The molecule has 1 aliphatic rings. The number of hydrogen-bond donors (Lipinski definition) is 1. The summed E-state index contributed by atoms with van der Waals surface area (Å²) < 4.78 is 23.8. The van der Waals surface area contributed by atoms with Crippen LogP contribution in [0.15, 0.2) is 60.8 Å². The number of nitrogens with zero attached hydrogens (tertiary/aromatic N) is 2. The highest BCUT2D eigenvalue weighted by molar-refractivity contribution is 5.81. The minimum Gasteiger partial charge on any atom is -0.493 e. The van der Waals surface area contributed by atoms with E-state index in [-0.39, 0.29) is 6.79 Å². The molecule has 0 saturated heterocycles. The summed E-state index contributed by atoms with van der Waals surface area (Å²) in [5.41, 5.74) is 3.42. The van der Waals surface area contributed by atoms with Gasteiger partial charge in [0.05, 0.1) is 14.2 Å². The lowest BCUT2D eigenvalue weighted by atomic mass is 10.1. The average Bonchev–Trinajstić information content (AvgIpc) is 3.38. The predicted octanol–water partition coefficient (Wildman–Crippen LogP) is 4.49. The van der Waals surface area contributed by atoms with Gasteiger partial charge in [-0.25, -0.2) is 4.98 Å². The Morgan fingerprint density at radius 3 is 2.66 bits per heavy atom. The third-order valence-corrected chi connectivity index (χ3v) is 4.82. The standard InChI is InChI=1S/C22H19N3O4/c1-26-16-8-6-14(11-18(16)27-2)21-22(25-10-4-3-5-20(25)24-21)23-15-7-9-17-19(12-15)29-13-28-17/h3-12,23H,13H2,1-2H3. The molecule has 5 rings (SSSR count). The second-order valence-corrected chi connectivity index (χ2v) is 6.50. The number of hydrogen-bond acceptors (Lipinski definition) is 6. The van der Waals surface area contributed by atoms with E-state index in [0.29, 0.717) is 11.5 Å². The van der Waals surface area contributed by atoms with Gasteiger partial charge in [0.2, 0.25) is 6.79 Å². The van der Waals surface area contributed by atoms with E-state index in [1.165, 1.54) is 0 Å². The maximum Gasteiger partial charge on any atom is 0.231 e. The van der Waals surface area contributed by atoms with Crippen LogP contribution in [0.25, 0.3) is 16.9 Å². The van der Waals surface area contributed by atoms with Gasteiger partial charge in [-0.2, -0.15) is 0 Å². The molecule has 1 aliphatic heterocycles. The van der Waals surface area contributed by atoms with Crippen LogP contribution < -0.4 is 24.3 Å². The molecule has 2 aromatic heterocycles. The fourth-order valence-electron chi connectivity index (χ4n) is 3.41. The largest absolute Gasteiger partial charge is 0.493 e. The number of rotatable bonds is 5. The first-order chi connectivity index (χ1) is 14.3. The van der Waals surface area contributed by atoms with E-state index >= 15 is 0 Å². The summed E-state index contributed by atoms with van der Waals surface area (Å²) in [7, 11) is 3.24. The van der Waals surface area contributed by atoms with E-state index in [0.717, 1.165) is 39.9 Å². The first kappa shape index (κ1) is 17.2. The van der Waals surface area contributed by atoms with Crippen LogP contribution in [0.2, 0.25) is 0 Å². The Morgan fingerprint density at radius 2 is 1.79 bits per heavy atom. The molecule has 2 aromatic carbocycles. The maximum absolute atomic E-state index is 5.50. The second kappa shape index (κ2) is 6.94. The van der Waals surface area contributed by atoms with Crippen molar-refractivity contribution in [3.63, 3.8) is 0 Å². The number of methoxy groups -OCH3 is 2. The molecule has 0 atom stereocenters. The molecule has 0 fully saturated rings. The van der Waals surface area contributed by atoms with Crippen LogP contribution in [-0.4, -0.2) is 30.4 Å². The van der Waals surface area contributed by atoms with Crippen LogP contribution in [-0.2, 0) is 0 Å². The molecule has 29 heavy (non-hydrogen) atoms. The van der Waals surface area contributed by atoms with Gasteiger partial charge in [0.1, 0.15) is 17.2 Å². The van der Waals surface area contributed by atoms with Crippen molar-refractivity contribution < 1.29 is 18.9 Å². The fourth-order valence-corrected chi connectivity index (χ4v) is 3.41. The SMILES string of the molecule is COc1ccc(-c2nc3ccccn3c2Nc2ccc3c(c2)OCO3)cc1OC. The van der Waals surface area contributed by atoms with Crippen molar-refractivity contribution in [3.8, 4) is 34.3 Å². The minimum absolute atomic E-state index is 0.241. The van der Waals surface area contributed by atoms with Crippen molar-refractivity contribution in [1.82, 2.24) is 9.38 Å². The molecule has 0 bridgehead atoms. The van der Waals surface area contributed by atoms with Crippen LogP contribution in [0, 0.1) is 0 Å². The van der Waals surface area contributed by atoms with Crippen LogP contribution in [0.3, 0.4) is 0 Å². The number of anilines is 2. The highest BCUT2D eigenvalue weighted by Gasteiger charge is 2.18. The van der Waals surface area contributed by atoms with E-state index in [1.54, 1.807) is 14.2 Å². The lowest BCUT2D eigenvalue weighted by Crippen LogP contribution is -1.97. The Morgan fingerprint density at radius 1 is 0.931 bits per heavy atom. The van der Waals surface area contributed by atoms with Gasteiger partial charge in [-0.15, -0.1) is 0 Å². The summed E-state index contributed by atoms with van der Waals surface area (Å²) in [4.78, 5) is 4.83. The van der Waals surface area contributed by atoms with Crippen molar-refractivity contribution in [1.29, 1.82) is 0 Å². The zero-order valence-electron chi connectivity index (χ0n) is 16.0. The zero-order valence-corrected chi connectivity index (χ0v) is 16.0. The number of fused-ring (bicyclic) bond motifs is 2. The van der Waals surface area contributed by atoms with Crippen LogP contribution in [0.4, 0.5) is 11.5 Å². The first-order valence-electron chi connectivity index (χ1n) is 9.13. The van der Waals surface area contributed by atoms with Crippen molar-refractivity contribution in [2.24, 2.45) is 0 Å². The van der Waals surface area contributed by atoms with Gasteiger partial charge < -0.3 is 24.3 Å². The van der Waals surface area contributed by atoms with Crippen molar-refractivity contribution in [2.75, 3.05) is 26.3 Å². The predicted molar refractivity (Wildman–Crippen MR) is 110 cm³/mol. The number of pyridine rings is 1. The van der Waals surface area contributed by atoms with Gasteiger partial charge in [-0.05, 0) is 42.5 Å². The summed E-state index contributed by atoms with van der Waals surface area (Å²) in [6.45, 7) is 0.241. The van der Waals surface area contributed by atoms with Crippen LogP contribution in [0.5, 0.6) is 23.0 Å². The zero-order chi connectivity index (χ0) is 19.8. The first-order valence-corrected chi connectivity index (χ1v) is 9.13. The minimum atomic E-state index is 0.241. The van der Waals surface area contributed by atoms with Gasteiger partial charge in [-0.3, -0.25) is 4.40 Å². The van der Waals surface area contributed by atoms with Crippen molar-refractivity contribution >= 4 is 17.2 Å². The molecule has 0 unspecified atom stereocenters. The molecule has 146 valence electrons. The molecular formula is C22H19N3O4. The van der Waals surface area contributed by atoms with E-state index < -0.39 is 0 Å². The Bertz CT molecular complexity index is 1200. The van der Waals surface area contributed by atoms with Crippen LogP contribution in [0.1, 0.15) is 0 Å². The quantitative estimate of drug-likeness (QED) is 0.542. The molecular weight excluding hydrogens is 370 g/mol.